The number of pyridine rings is 1. The first kappa shape index (κ1) is 12.2. The number of aryl methyl sites for hydroxylation is 1. The van der Waals surface area contributed by atoms with Crippen molar-refractivity contribution in [1.29, 1.82) is 5.26 Å². The SMILES string of the molecule is Cc1cc([O-])n(C)c(=O)c1C#N.[Na+]. The third kappa shape index (κ3) is 2.13. The molecule has 1 rings (SSSR count). The van der Waals surface area contributed by atoms with Crippen LogP contribution in [0.1, 0.15) is 11.1 Å². The fourth-order valence-electron chi connectivity index (χ4n) is 0.927. The molecule has 5 heteroatoms. The molecule has 0 amide bonds. The van der Waals surface area contributed by atoms with Gasteiger partial charge in [-0.3, -0.25) is 4.79 Å². The zero-order valence-electron chi connectivity index (χ0n) is 7.79. The summed E-state index contributed by atoms with van der Waals surface area (Å²) in [7, 11) is 1.35. The summed E-state index contributed by atoms with van der Waals surface area (Å²) in [6.07, 6.45) is 0. The number of nitrogens with zero attached hydrogens (tertiary/aromatic N) is 2. The second-order valence-electron chi connectivity index (χ2n) is 2.52. The van der Waals surface area contributed by atoms with Gasteiger partial charge in [-0.1, -0.05) is 0 Å². The summed E-state index contributed by atoms with van der Waals surface area (Å²) in [6.45, 7) is 1.57. The van der Waals surface area contributed by atoms with Crippen LogP contribution in [0.2, 0.25) is 0 Å². The van der Waals surface area contributed by atoms with Gasteiger partial charge in [-0.15, -0.1) is 0 Å². The quantitative estimate of drug-likeness (QED) is 0.397. The van der Waals surface area contributed by atoms with Gasteiger partial charge in [0.25, 0.3) is 5.56 Å². The van der Waals surface area contributed by atoms with E-state index >= 15 is 0 Å². The first-order valence-corrected chi connectivity index (χ1v) is 3.35. The minimum atomic E-state index is -0.525. The molecule has 0 aliphatic heterocycles. The predicted molar refractivity (Wildman–Crippen MR) is 40.6 cm³/mol. The Bertz CT molecular complexity index is 417. The smallest absolute Gasteiger partial charge is 0.860 e. The van der Waals surface area contributed by atoms with Gasteiger partial charge in [0.15, 0.2) is 0 Å². The van der Waals surface area contributed by atoms with E-state index in [1.165, 1.54) is 13.1 Å². The summed E-state index contributed by atoms with van der Waals surface area (Å²) in [5.41, 5.74) is -0.0507. The molecule has 0 bridgehead atoms. The number of hydrogen-bond donors (Lipinski definition) is 0. The summed E-state index contributed by atoms with van der Waals surface area (Å²) < 4.78 is 0.922. The normalized spacial score (nSPS) is 8.69. The maximum atomic E-state index is 11.2. The van der Waals surface area contributed by atoms with E-state index in [1.54, 1.807) is 13.0 Å². The molecule has 0 saturated heterocycles. The molecular weight excluding hydrogens is 179 g/mol. The minimum absolute atomic E-state index is 0. The molecule has 0 saturated carbocycles. The Hall–Kier alpha value is -0.760. The Kier molecular flexibility index (Phi) is 4.21. The van der Waals surface area contributed by atoms with E-state index in [0.717, 1.165) is 4.57 Å². The zero-order chi connectivity index (χ0) is 9.30. The van der Waals surface area contributed by atoms with Crippen LogP contribution >= 0.6 is 0 Å². The molecule has 0 spiro atoms. The van der Waals surface area contributed by atoms with Gasteiger partial charge < -0.3 is 9.67 Å². The summed E-state index contributed by atoms with van der Waals surface area (Å²) in [5, 5.41) is 19.5. The second kappa shape index (κ2) is 4.47. The fourth-order valence-corrected chi connectivity index (χ4v) is 0.927. The van der Waals surface area contributed by atoms with Crippen LogP contribution in [-0.4, -0.2) is 4.57 Å². The van der Waals surface area contributed by atoms with Gasteiger partial charge in [0.05, 0.1) is 0 Å². The molecule has 0 radical (unpaired) electrons. The molecule has 1 aromatic heterocycles. The largest absolute Gasteiger partial charge is 1.00 e. The Balaban J connectivity index is 0.00000144. The Morgan fingerprint density at radius 2 is 2.15 bits per heavy atom. The van der Waals surface area contributed by atoms with Crippen molar-refractivity contribution in [2.45, 2.75) is 6.92 Å². The Labute approximate surface area is 97.7 Å². The van der Waals surface area contributed by atoms with Crippen LogP contribution in [0.4, 0.5) is 0 Å². The van der Waals surface area contributed by atoms with Crippen LogP contribution in [0.5, 0.6) is 5.88 Å². The average molecular weight is 186 g/mol. The number of hydrogen-bond acceptors (Lipinski definition) is 3. The molecule has 0 N–H and O–H groups in total. The van der Waals surface area contributed by atoms with Crippen molar-refractivity contribution < 1.29 is 34.7 Å². The van der Waals surface area contributed by atoms with Crippen molar-refractivity contribution in [3.63, 3.8) is 0 Å². The minimum Gasteiger partial charge on any atom is -0.860 e. The van der Waals surface area contributed by atoms with Gasteiger partial charge in [-0.25, -0.2) is 0 Å². The van der Waals surface area contributed by atoms with E-state index in [0.29, 0.717) is 5.56 Å². The molecule has 0 unspecified atom stereocenters. The van der Waals surface area contributed by atoms with E-state index in [-0.39, 0.29) is 41.0 Å². The topological polar surface area (TPSA) is 68.8 Å². The number of aromatic nitrogens is 1. The van der Waals surface area contributed by atoms with Crippen LogP contribution in [0.3, 0.4) is 0 Å². The maximum absolute atomic E-state index is 11.2. The summed E-state index contributed by atoms with van der Waals surface area (Å²) in [5.74, 6) is -0.378. The molecule has 13 heavy (non-hydrogen) atoms. The molecule has 1 heterocycles. The van der Waals surface area contributed by atoms with Crippen LogP contribution in [0, 0.1) is 18.3 Å². The molecule has 62 valence electrons. The third-order valence-corrected chi connectivity index (χ3v) is 1.70. The molecule has 0 aliphatic carbocycles. The second-order valence-corrected chi connectivity index (χ2v) is 2.52. The van der Waals surface area contributed by atoms with E-state index < -0.39 is 5.56 Å². The van der Waals surface area contributed by atoms with Crippen molar-refractivity contribution in [2.75, 3.05) is 0 Å². The monoisotopic (exact) mass is 186 g/mol. The maximum Gasteiger partial charge on any atom is 1.00 e. The van der Waals surface area contributed by atoms with Gasteiger partial charge in [0.1, 0.15) is 11.6 Å². The van der Waals surface area contributed by atoms with Crippen molar-refractivity contribution in [2.24, 2.45) is 7.05 Å². The molecule has 4 nitrogen and oxygen atoms in total. The summed E-state index contributed by atoms with van der Waals surface area (Å²) in [4.78, 5) is 11.2. The van der Waals surface area contributed by atoms with Crippen LogP contribution in [0.15, 0.2) is 10.9 Å². The standard InChI is InChI=1S/C8H8N2O2.Na/c1-5-3-7(11)10(2)8(12)6(5)4-9;/h3,11H,1-2H3;/q;+1/p-1. The average Bonchev–Trinajstić information content (AvgIpc) is 2.01. The Morgan fingerprint density at radius 1 is 1.62 bits per heavy atom. The van der Waals surface area contributed by atoms with Crippen LogP contribution in [0.25, 0.3) is 0 Å². The van der Waals surface area contributed by atoms with Crippen molar-refractivity contribution >= 4 is 0 Å². The molecule has 0 atom stereocenters. The van der Waals surface area contributed by atoms with Gasteiger partial charge in [0.2, 0.25) is 0 Å². The first-order chi connectivity index (χ1) is 5.57. The van der Waals surface area contributed by atoms with E-state index in [1.807, 2.05) is 0 Å². The van der Waals surface area contributed by atoms with Crippen LogP contribution < -0.4 is 40.2 Å². The van der Waals surface area contributed by atoms with Crippen molar-refractivity contribution in [1.82, 2.24) is 4.57 Å². The molecule has 0 aliphatic rings. The van der Waals surface area contributed by atoms with E-state index in [2.05, 4.69) is 0 Å². The van der Waals surface area contributed by atoms with E-state index in [9.17, 15) is 9.90 Å². The van der Waals surface area contributed by atoms with Gasteiger partial charge in [0, 0.05) is 7.05 Å². The molecule has 1 aromatic rings. The summed E-state index contributed by atoms with van der Waals surface area (Å²) in [6, 6.07) is 3.04. The number of rotatable bonds is 0. The van der Waals surface area contributed by atoms with Gasteiger partial charge >= 0.3 is 29.6 Å². The zero-order valence-corrected chi connectivity index (χ0v) is 9.79. The van der Waals surface area contributed by atoms with Crippen LogP contribution in [-0.2, 0) is 7.05 Å². The molecular formula is C8H7N2NaO2. The summed E-state index contributed by atoms with van der Waals surface area (Å²) >= 11 is 0. The van der Waals surface area contributed by atoms with Gasteiger partial charge in [-0.05, 0) is 24.4 Å². The number of nitriles is 1. The molecule has 0 fully saturated rings. The van der Waals surface area contributed by atoms with Gasteiger partial charge in [-0.2, -0.15) is 5.26 Å². The fraction of sp³-hybridized carbons (Fsp3) is 0.250. The third-order valence-electron chi connectivity index (χ3n) is 1.70. The first-order valence-electron chi connectivity index (χ1n) is 3.35. The van der Waals surface area contributed by atoms with E-state index in [4.69, 9.17) is 5.26 Å². The Morgan fingerprint density at radius 3 is 2.62 bits per heavy atom. The predicted octanol–water partition coefficient (Wildman–Crippen LogP) is -3.36. The van der Waals surface area contributed by atoms with Crippen molar-refractivity contribution in [3.8, 4) is 11.9 Å². The van der Waals surface area contributed by atoms with Crippen molar-refractivity contribution in [3.05, 3.63) is 27.5 Å². The molecule has 0 aromatic carbocycles.